The number of morpholine rings is 1. The molecule has 1 N–H and O–H groups in total. The minimum atomic E-state index is -0.0482. The quantitative estimate of drug-likeness (QED) is 0.876. The number of hydrogen-bond donors (Lipinski definition) is 1. The number of hydrogen-bond acceptors (Lipinski definition) is 3. The number of benzene rings is 1. The molecule has 6 heteroatoms. The number of carbonyl (C=O) groups is 2. The van der Waals surface area contributed by atoms with Gasteiger partial charge in [-0.15, -0.1) is 0 Å². The van der Waals surface area contributed by atoms with Crippen LogP contribution >= 0.6 is 0 Å². The molecule has 0 aliphatic carbocycles. The van der Waals surface area contributed by atoms with Gasteiger partial charge in [0.1, 0.15) is 0 Å². The van der Waals surface area contributed by atoms with Crippen LogP contribution in [0.3, 0.4) is 0 Å². The molecule has 1 aromatic rings. The molecule has 26 heavy (non-hydrogen) atoms. The molecule has 3 rings (SSSR count). The Hall–Kier alpha value is -2.08. The summed E-state index contributed by atoms with van der Waals surface area (Å²) in [5, 5.41) is 3.01. The van der Waals surface area contributed by atoms with Crippen LogP contribution in [0.1, 0.15) is 25.8 Å². The fourth-order valence-electron chi connectivity index (χ4n) is 3.55. The zero-order valence-electron chi connectivity index (χ0n) is 15.7. The van der Waals surface area contributed by atoms with E-state index in [1.54, 1.807) is 0 Å². The van der Waals surface area contributed by atoms with E-state index >= 15 is 0 Å². The molecular formula is C20H29N3O3. The largest absolute Gasteiger partial charge is 0.374 e. The van der Waals surface area contributed by atoms with Crippen LogP contribution in [0.2, 0.25) is 0 Å². The van der Waals surface area contributed by atoms with Gasteiger partial charge in [0, 0.05) is 45.1 Å². The average Bonchev–Trinajstić information content (AvgIpc) is 3.00. The Kier molecular flexibility index (Phi) is 6.14. The predicted molar refractivity (Wildman–Crippen MR) is 99.5 cm³/mol. The number of amides is 3. The number of likely N-dealkylation sites (tertiary alicyclic amines) is 1. The van der Waals surface area contributed by atoms with Gasteiger partial charge in [-0.3, -0.25) is 4.79 Å². The molecule has 142 valence electrons. The Morgan fingerprint density at radius 2 is 2.04 bits per heavy atom. The molecule has 6 nitrogen and oxygen atoms in total. The van der Waals surface area contributed by atoms with E-state index in [2.05, 4.69) is 19.2 Å². The minimum absolute atomic E-state index is 0.0482. The molecule has 2 saturated heterocycles. The van der Waals surface area contributed by atoms with E-state index < -0.39 is 0 Å². The molecule has 2 atom stereocenters. The van der Waals surface area contributed by atoms with Crippen LogP contribution in [-0.4, -0.2) is 60.6 Å². The average molecular weight is 359 g/mol. The van der Waals surface area contributed by atoms with Crippen LogP contribution in [0.15, 0.2) is 30.3 Å². The van der Waals surface area contributed by atoms with Gasteiger partial charge in [0.05, 0.1) is 12.7 Å². The molecule has 0 aromatic heterocycles. The van der Waals surface area contributed by atoms with Crippen molar-refractivity contribution in [2.24, 2.45) is 11.8 Å². The van der Waals surface area contributed by atoms with Gasteiger partial charge in [0.15, 0.2) is 0 Å². The van der Waals surface area contributed by atoms with E-state index in [9.17, 15) is 9.59 Å². The van der Waals surface area contributed by atoms with E-state index in [4.69, 9.17) is 4.74 Å². The summed E-state index contributed by atoms with van der Waals surface area (Å²) < 4.78 is 5.71. The van der Waals surface area contributed by atoms with Gasteiger partial charge in [0.2, 0.25) is 5.91 Å². The standard InChI is InChI=1S/C20H29N3O3/c1-15(2)18-14-22(8-9-26-18)20(25)21-11-17-10-19(24)23(13-17)12-16-6-4-3-5-7-16/h3-7,15,17-18H,8-14H2,1-2H3,(H,21,25). The summed E-state index contributed by atoms with van der Waals surface area (Å²) in [5.74, 6) is 0.737. The highest BCUT2D eigenvalue weighted by atomic mass is 16.5. The fraction of sp³-hybridized carbons (Fsp3) is 0.600. The molecule has 0 spiro atoms. The number of carbonyl (C=O) groups excluding carboxylic acids is 2. The summed E-state index contributed by atoms with van der Waals surface area (Å²) in [6.45, 7) is 7.94. The first-order chi connectivity index (χ1) is 12.5. The first-order valence-corrected chi connectivity index (χ1v) is 9.49. The molecular weight excluding hydrogens is 330 g/mol. The van der Waals surface area contributed by atoms with Crippen LogP contribution in [0.25, 0.3) is 0 Å². The minimum Gasteiger partial charge on any atom is -0.374 e. The van der Waals surface area contributed by atoms with Gasteiger partial charge in [0.25, 0.3) is 0 Å². The smallest absolute Gasteiger partial charge is 0.317 e. The number of rotatable bonds is 5. The van der Waals surface area contributed by atoms with Crippen molar-refractivity contribution in [3.8, 4) is 0 Å². The zero-order chi connectivity index (χ0) is 18.5. The summed E-state index contributed by atoms with van der Waals surface area (Å²) in [5.41, 5.74) is 1.14. The zero-order valence-corrected chi connectivity index (χ0v) is 15.7. The maximum atomic E-state index is 12.4. The van der Waals surface area contributed by atoms with Gasteiger partial charge < -0.3 is 19.9 Å². The topological polar surface area (TPSA) is 61.9 Å². The lowest BCUT2D eigenvalue weighted by atomic mass is 10.1. The second-order valence-electron chi connectivity index (χ2n) is 7.62. The molecule has 2 aliphatic rings. The predicted octanol–water partition coefficient (Wildman–Crippen LogP) is 2.10. The molecule has 2 unspecified atom stereocenters. The van der Waals surface area contributed by atoms with E-state index in [0.717, 1.165) is 5.56 Å². The van der Waals surface area contributed by atoms with E-state index in [1.807, 2.05) is 40.1 Å². The summed E-state index contributed by atoms with van der Waals surface area (Å²) in [7, 11) is 0. The highest BCUT2D eigenvalue weighted by Crippen LogP contribution is 2.20. The second kappa shape index (κ2) is 8.54. The van der Waals surface area contributed by atoms with Crippen molar-refractivity contribution < 1.29 is 14.3 Å². The third-order valence-electron chi connectivity index (χ3n) is 5.18. The van der Waals surface area contributed by atoms with Crippen molar-refractivity contribution in [3.05, 3.63) is 35.9 Å². The van der Waals surface area contributed by atoms with Crippen LogP contribution < -0.4 is 5.32 Å². The van der Waals surface area contributed by atoms with Gasteiger partial charge in [-0.05, 0) is 11.5 Å². The van der Waals surface area contributed by atoms with E-state index in [0.29, 0.717) is 51.7 Å². The molecule has 1 aromatic carbocycles. The molecule has 0 saturated carbocycles. The third-order valence-corrected chi connectivity index (χ3v) is 5.18. The van der Waals surface area contributed by atoms with Crippen LogP contribution in [-0.2, 0) is 16.1 Å². The van der Waals surface area contributed by atoms with Gasteiger partial charge in [-0.2, -0.15) is 0 Å². The Morgan fingerprint density at radius 3 is 2.77 bits per heavy atom. The summed E-state index contributed by atoms with van der Waals surface area (Å²) in [4.78, 5) is 28.4. The van der Waals surface area contributed by atoms with Crippen LogP contribution in [0, 0.1) is 11.8 Å². The van der Waals surface area contributed by atoms with Crippen molar-refractivity contribution in [3.63, 3.8) is 0 Å². The lowest BCUT2D eigenvalue weighted by Gasteiger charge is -2.35. The van der Waals surface area contributed by atoms with Crippen molar-refractivity contribution in [1.29, 1.82) is 0 Å². The fourth-order valence-corrected chi connectivity index (χ4v) is 3.55. The summed E-state index contributed by atoms with van der Waals surface area (Å²) in [6, 6.07) is 9.97. The van der Waals surface area contributed by atoms with Crippen molar-refractivity contribution in [1.82, 2.24) is 15.1 Å². The maximum Gasteiger partial charge on any atom is 0.317 e. The number of ether oxygens (including phenoxy) is 1. The van der Waals surface area contributed by atoms with Gasteiger partial charge in [-0.25, -0.2) is 4.79 Å². The highest BCUT2D eigenvalue weighted by Gasteiger charge is 2.31. The van der Waals surface area contributed by atoms with E-state index in [1.165, 1.54) is 0 Å². The molecule has 0 radical (unpaired) electrons. The molecule has 3 amide bonds. The summed E-state index contributed by atoms with van der Waals surface area (Å²) >= 11 is 0. The molecule has 2 heterocycles. The number of nitrogens with one attached hydrogen (secondary N) is 1. The van der Waals surface area contributed by atoms with Gasteiger partial charge in [-0.1, -0.05) is 44.2 Å². The Bertz CT molecular complexity index is 620. The first-order valence-electron chi connectivity index (χ1n) is 9.49. The molecule has 2 aliphatic heterocycles. The lowest BCUT2D eigenvalue weighted by molar-refractivity contribution is -0.128. The molecule has 0 bridgehead atoms. The Labute approximate surface area is 155 Å². The summed E-state index contributed by atoms with van der Waals surface area (Å²) in [6.07, 6.45) is 0.606. The van der Waals surface area contributed by atoms with Crippen LogP contribution in [0.5, 0.6) is 0 Å². The monoisotopic (exact) mass is 359 g/mol. The lowest BCUT2D eigenvalue weighted by Crippen LogP contribution is -2.51. The first kappa shape index (κ1) is 18.7. The Morgan fingerprint density at radius 1 is 1.27 bits per heavy atom. The molecule has 2 fully saturated rings. The Balaban J connectivity index is 1.45. The maximum absolute atomic E-state index is 12.4. The van der Waals surface area contributed by atoms with E-state index in [-0.39, 0.29) is 24.0 Å². The van der Waals surface area contributed by atoms with Gasteiger partial charge >= 0.3 is 6.03 Å². The van der Waals surface area contributed by atoms with Crippen molar-refractivity contribution in [2.75, 3.05) is 32.8 Å². The second-order valence-corrected chi connectivity index (χ2v) is 7.62. The SMILES string of the molecule is CC(C)C1CN(C(=O)NCC2CC(=O)N(Cc3ccccc3)C2)CCO1. The van der Waals surface area contributed by atoms with Crippen molar-refractivity contribution >= 4 is 11.9 Å². The third kappa shape index (κ3) is 4.75. The normalized spacial score (nSPS) is 23.6. The number of nitrogens with zero attached hydrogens (tertiary/aromatic N) is 2. The highest BCUT2D eigenvalue weighted by molar-refractivity contribution is 5.79. The number of urea groups is 1. The van der Waals surface area contributed by atoms with Crippen molar-refractivity contribution in [2.45, 2.75) is 32.9 Å². The van der Waals surface area contributed by atoms with Crippen LogP contribution in [0.4, 0.5) is 4.79 Å².